The molecule has 1 aromatic heterocycles. The van der Waals surface area contributed by atoms with Gasteiger partial charge in [-0.05, 0) is 30.2 Å². The standard InChI is InChI=1S/C19H15ClN2O3/c20-14-5-2-1-4-11(14)13-10-15-12(6-8-22(15)7-3-9-23)16-17(13)19(25)21-18(16)24/h1-2,4-6,8,10,23H,3,7,9H2,(H,21,24,25). The lowest BCUT2D eigenvalue weighted by Crippen LogP contribution is -2.20. The van der Waals surface area contributed by atoms with E-state index in [1.54, 1.807) is 6.07 Å². The minimum Gasteiger partial charge on any atom is -0.396 e. The van der Waals surface area contributed by atoms with E-state index in [0.717, 1.165) is 10.9 Å². The van der Waals surface area contributed by atoms with E-state index in [1.807, 2.05) is 41.1 Å². The summed E-state index contributed by atoms with van der Waals surface area (Å²) in [5.74, 6) is -0.793. The molecule has 25 heavy (non-hydrogen) atoms. The van der Waals surface area contributed by atoms with Crippen LogP contribution >= 0.6 is 11.6 Å². The number of carbonyl (C=O) groups is 2. The molecular formula is C19H15ClN2O3. The summed E-state index contributed by atoms with van der Waals surface area (Å²) in [6.45, 7) is 0.706. The second kappa shape index (κ2) is 6.02. The molecule has 0 fully saturated rings. The zero-order valence-electron chi connectivity index (χ0n) is 13.3. The first-order valence-electron chi connectivity index (χ1n) is 7.99. The van der Waals surface area contributed by atoms with E-state index in [4.69, 9.17) is 16.7 Å². The number of aliphatic hydroxyl groups excluding tert-OH is 1. The number of carbonyl (C=O) groups excluding carboxylic acids is 2. The van der Waals surface area contributed by atoms with Crippen LogP contribution in [0.5, 0.6) is 0 Å². The lowest BCUT2D eigenvalue weighted by Gasteiger charge is -2.11. The number of hydrogen-bond donors (Lipinski definition) is 2. The summed E-state index contributed by atoms with van der Waals surface area (Å²) in [5, 5.41) is 12.7. The van der Waals surface area contributed by atoms with Gasteiger partial charge in [-0.25, -0.2) is 0 Å². The Morgan fingerprint density at radius 2 is 1.80 bits per heavy atom. The van der Waals surface area contributed by atoms with Gasteiger partial charge in [0.2, 0.25) is 0 Å². The highest BCUT2D eigenvalue weighted by atomic mass is 35.5. The zero-order valence-corrected chi connectivity index (χ0v) is 14.0. The van der Waals surface area contributed by atoms with Crippen molar-refractivity contribution in [1.29, 1.82) is 0 Å². The number of aliphatic hydroxyl groups is 1. The first-order valence-corrected chi connectivity index (χ1v) is 8.37. The first-order chi connectivity index (χ1) is 12.1. The first kappa shape index (κ1) is 15.9. The van der Waals surface area contributed by atoms with Gasteiger partial charge >= 0.3 is 0 Å². The Morgan fingerprint density at radius 1 is 1.04 bits per heavy atom. The van der Waals surface area contributed by atoms with Crippen molar-refractivity contribution in [3.8, 4) is 11.1 Å². The predicted octanol–water partition coefficient (Wildman–Crippen LogP) is 3.23. The number of aromatic nitrogens is 1. The number of aryl methyl sites for hydroxylation is 1. The fourth-order valence-electron chi connectivity index (χ4n) is 3.36. The third-order valence-corrected chi connectivity index (χ3v) is 4.81. The van der Waals surface area contributed by atoms with Gasteiger partial charge in [0.1, 0.15) is 0 Å². The molecule has 2 N–H and O–H groups in total. The molecule has 0 bridgehead atoms. The molecule has 6 heteroatoms. The quantitative estimate of drug-likeness (QED) is 0.707. The van der Waals surface area contributed by atoms with Crippen LogP contribution in [0.15, 0.2) is 42.6 Å². The summed E-state index contributed by atoms with van der Waals surface area (Å²) >= 11 is 6.34. The number of nitrogens with zero attached hydrogens (tertiary/aromatic N) is 1. The minimum absolute atomic E-state index is 0.0843. The number of rotatable bonds is 4. The molecule has 1 aliphatic heterocycles. The average molecular weight is 355 g/mol. The van der Waals surface area contributed by atoms with Crippen molar-refractivity contribution in [2.45, 2.75) is 13.0 Å². The van der Waals surface area contributed by atoms with Crippen LogP contribution < -0.4 is 5.32 Å². The molecule has 2 aromatic carbocycles. The zero-order chi connectivity index (χ0) is 17.6. The van der Waals surface area contributed by atoms with Crippen LogP contribution in [0.3, 0.4) is 0 Å². The van der Waals surface area contributed by atoms with Gasteiger partial charge < -0.3 is 9.67 Å². The maximum absolute atomic E-state index is 12.4. The van der Waals surface area contributed by atoms with Gasteiger partial charge in [-0.3, -0.25) is 14.9 Å². The molecule has 3 aromatic rings. The molecule has 4 rings (SSSR count). The predicted molar refractivity (Wildman–Crippen MR) is 95.9 cm³/mol. The Bertz CT molecular complexity index is 1020. The number of imide groups is 1. The lowest BCUT2D eigenvalue weighted by molar-refractivity contribution is 0.0880. The topological polar surface area (TPSA) is 71.3 Å². The van der Waals surface area contributed by atoms with E-state index in [0.29, 0.717) is 40.2 Å². The van der Waals surface area contributed by atoms with Crippen molar-refractivity contribution in [1.82, 2.24) is 9.88 Å². The van der Waals surface area contributed by atoms with E-state index in [9.17, 15) is 9.59 Å². The Morgan fingerprint density at radius 3 is 2.56 bits per heavy atom. The molecule has 0 saturated carbocycles. The molecule has 126 valence electrons. The molecule has 2 heterocycles. The van der Waals surface area contributed by atoms with Crippen LogP contribution in [0.1, 0.15) is 27.1 Å². The van der Waals surface area contributed by atoms with Gasteiger partial charge in [0.15, 0.2) is 0 Å². The van der Waals surface area contributed by atoms with Crippen molar-refractivity contribution < 1.29 is 14.7 Å². The summed E-state index contributed by atoms with van der Waals surface area (Å²) < 4.78 is 1.97. The maximum atomic E-state index is 12.4. The van der Waals surface area contributed by atoms with Crippen LogP contribution in [0.4, 0.5) is 0 Å². The number of nitrogens with one attached hydrogen (secondary N) is 1. The smallest absolute Gasteiger partial charge is 0.259 e. The number of halogens is 1. The van der Waals surface area contributed by atoms with E-state index in [-0.39, 0.29) is 12.5 Å². The number of benzene rings is 2. The van der Waals surface area contributed by atoms with Crippen molar-refractivity contribution in [3.63, 3.8) is 0 Å². The second-order valence-corrected chi connectivity index (χ2v) is 6.36. The molecule has 0 saturated heterocycles. The van der Waals surface area contributed by atoms with Crippen LogP contribution in [0.2, 0.25) is 5.02 Å². The summed E-state index contributed by atoms with van der Waals surface area (Å²) in [6.07, 6.45) is 2.47. The van der Waals surface area contributed by atoms with Crippen LogP contribution in [0, 0.1) is 0 Å². The fraction of sp³-hybridized carbons (Fsp3) is 0.158. The summed E-state index contributed by atoms with van der Waals surface area (Å²) in [5.41, 5.74) is 2.94. The molecule has 0 spiro atoms. The van der Waals surface area contributed by atoms with E-state index in [2.05, 4.69) is 5.32 Å². The summed E-state index contributed by atoms with van der Waals surface area (Å²) in [7, 11) is 0. The Labute approximate surface area is 148 Å². The molecule has 1 aliphatic rings. The van der Waals surface area contributed by atoms with Crippen molar-refractivity contribution in [3.05, 3.63) is 58.7 Å². The van der Waals surface area contributed by atoms with E-state index >= 15 is 0 Å². The van der Waals surface area contributed by atoms with Gasteiger partial charge in [-0.1, -0.05) is 29.8 Å². The molecular weight excluding hydrogens is 340 g/mol. The molecule has 5 nitrogen and oxygen atoms in total. The number of fused-ring (bicyclic) bond motifs is 3. The highest BCUT2D eigenvalue weighted by Gasteiger charge is 2.33. The monoisotopic (exact) mass is 354 g/mol. The fourth-order valence-corrected chi connectivity index (χ4v) is 3.60. The van der Waals surface area contributed by atoms with Crippen LogP contribution in [-0.2, 0) is 6.54 Å². The average Bonchev–Trinajstić information content (AvgIpc) is 3.13. The highest BCUT2D eigenvalue weighted by Crippen LogP contribution is 2.38. The Kier molecular flexibility index (Phi) is 3.82. The van der Waals surface area contributed by atoms with E-state index < -0.39 is 5.91 Å². The summed E-state index contributed by atoms with van der Waals surface area (Å²) in [4.78, 5) is 24.8. The second-order valence-electron chi connectivity index (χ2n) is 5.96. The third-order valence-electron chi connectivity index (χ3n) is 4.48. The summed E-state index contributed by atoms with van der Waals surface area (Å²) in [6, 6.07) is 11.0. The lowest BCUT2D eigenvalue weighted by atomic mass is 9.94. The minimum atomic E-state index is -0.403. The van der Waals surface area contributed by atoms with Crippen LogP contribution in [-0.4, -0.2) is 28.1 Å². The highest BCUT2D eigenvalue weighted by molar-refractivity contribution is 6.35. The van der Waals surface area contributed by atoms with Crippen molar-refractivity contribution >= 4 is 34.3 Å². The van der Waals surface area contributed by atoms with Gasteiger partial charge in [0, 0.05) is 40.8 Å². The van der Waals surface area contributed by atoms with Gasteiger partial charge in [-0.2, -0.15) is 0 Å². The molecule has 0 unspecified atom stereocenters. The molecule has 2 amide bonds. The molecule has 0 aliphatic carbocycles. The Hall–Kier alpha value is -2.63. The van der Waals surface area contributed by atoms with Gasteiger partial charge in [0.25, 0.3) is 11.8 Å². The van der Waals surface area contributed by atoms with Crippen molar-refractivity contribution in [2.24, 2.45) is 0 Å². The normalized spacial score (nSPS) is 13.4. The van der Waals surface area contributed by atoms with Gasteiger partial charge in [0.05, 0.1) is 11.1 Å². The van der Waals surface area contributed by atoms with E-state index in [1.165, 1.54) is 0 Å². The SMILES string of the molecule is O=C1NC(=O)c2c1c(-c1ccccc1Cl)cc1c2ccn1CCCO. The Balaban J connectivity index is 2.05. The molecule has 0 atom stereocenters. The third kappa shape index (κ3) is 2.44. The number of amides is 2. The largest absolute Gasteiger partial charge is 0.396 e. The van der Waals surface area contributed by atoms with Gasteiger partial charge in [-0.15, -0.1) is 0 Å². The van der Waals surface area contributed by atoms with Crippen molar-refractivity contribution in [2.75, 3.05) is 6.61 Å². The number of hydrogen-bond acceptors (Lipinski definition) is 3. The van der Waals surface area contributed by atoms with Crippen LogP contribution in [0.25, 0.3) is 22.0 Å². The maximum Gasteiger partial charge on any atom is 0.259 e. The molecule has 0 radical (unpaired) electrons.